The summed E-state index contributed by atoms with van der Waals surface area (Å²) in [5.41, 5.74) is 2.54. The standard InChI is InChI=1S/C17H11BrN2O2/c18-15-10-6-12(11-17(15)20(21)22)5-8-14-9-7-13-3-1-2-4-16(13)19-14/h1-11H. The quantitative estimate of drug-likeness (QED) is 0.487. The van der Waals surface area contributed by atoms with Crippen LogP contribution in [-0.2, 0) is 0 Å². The minimum atomic E-state index is -0.407. The first-order chi connectivity index (χ1) is 10.6. The van der Waals surface area contributed by atoms with Crippen LogP contribution in [0, 0.1) is 10.1 Å². The number of para-hydroxylation sites is 1. The molecule has 108 valence electrons. The molecular formula is C17H11BrN2O2. The van der Waals surface area contributed by atoms with E-state index in [4.69, 9.17) is 0 Å². The molecule has 3 aromatic rings. The van der Waals surface area contributed by atoms with Crippen molar-refractivity contribution in [2.75, 3.05) is 0 Å². The second-order valence-electron chi connectivity index (χ2n) is 4.73. The fourth-order valence-corrected chi connectivity index (χ4v) is 2.52. The van der Waals surface area contributed by atoms with Crippen molar-refractivity contribution in [1.29, 1.82) is 0 Å². The Morgan fingerprint density at radius 2 is 1.86 bits per heavy atom. The first kappa shape index (κ1) is 14.4. The number of hydrogen-bond acceptors (Lipinski definition) is 3. The van der Waals surface area contributed by atoms with Crippen LogP contribution in [0.15, 0.2) is 59.1 Å². The SMILES string of the molecule is O=[N+]([O-])c1cc(C=Cc2ccc3ccccc3n2)ccc1Br. The van der Waals surface area contributed by atoms with Crippen molar-refractivity contribution in [3.8, 4) is 0 Å². The molecule has 0 fully saturated rings. The van der Waals surface area contributed by atoms with Crippen molar-refractivity contribution in [3.63, 3.8) is 0 Å². The van der Waals surface area contributed by atoms with Crippen LogP contribution >= 0.6 is 15.9 Å². The number of hydrogen-bond donors (Lipinski definition) is 0. The molecule has 0 aliphatic carbocycles. The van der Waals surface area contributed by atoms with E-state index in [0.717, 1.165) is 22.2 Å². The van der Waals surface area contributed by atoms with Gasteiger partial charge >= 0.3 is 0 Å². The minimum Gasteiger partial charge on any atom is -0.258 e. The molecule has 0 atom stereocenters. The lowest BCUT2D eigenvalue weighted by molar-refractivity contribution is -0.385. The van der Waals surface area contributed by atoms with E-state index >= 15 is 0 Å². The van der Waals surface area contributed by atoms with Gasteiger partial charge in [0.25, 0.3) is 5.69 Å². The summed E-state index contributed by atoms with van der Waals surface area (Å²) < 4.78 is 0.471. The Morgan fingerprint density at radius 3 is 2.68 bits per heavy atom. The van der Waals surface area contributed by atoms with Crippen LogP contribution in [0.1, 0.15) is 11.3 Å². The molecule has 2 aromatic carbocycles. The van der Waals surface area contributed by atoms with Crippen LogP contribution in [-0.4, -0.2) is 9.91 Å². The third kappa shape index (κ3) is 3.04. The van der Waals surface area contributed by atoms with E-state index in [1.54, 1.807) is 6.07 Å². The van der Waals surface area contributed by atoms with Gasteiger partial charge in [-0.15, -0.1) is 0 Å². The number of benzene rings is 2. The van der Waals surface area contributed by atoms with Gasteiger partial charge in [-0.25, -0.2) is 4.98 Å². The van der Waals surface area contributed by atoms with Gasteiger partial charge in [0.1, 0.15) is 0 Å². The predicted molar refractivity (Wildman–Crippen MR) is 91.5 cm³/mol. The maximum Gasteiger partial charge on any atom is 0.284 e. The number of nitro groups is 1. The first-order valence-electron chi connectivity index (χ1n) is 6.61. The van der Waals surface area contributed by atoms with Crippen LogP contribution < -0.4 is 0 Å². The van der Waals surface area contributed by atoms with Crippen molar-refractivity contribution in [3.05, 3.63) is 80.4 Å². The third-order valence-corrected chi connectivity index (χ3v) is 3.90. The summed E-state index contributed by atoms with van der Waals surface area (Å²) in [5, 5.41) is 12.0. The van der Waals surface area contributed by atoms with Gasteiger partial charge in [-0.05, 0) is 45.8 Å². The molecule has 5 heteroatoms. The number of halogens is 1. The molecule has 0 unspecified atom stereocenters. The second-order valence-corrected chi connectivity index (χ2v) is 5.58. The molecule has 0 aliphatic rings. The van der Waals surface area contributed by atoms with E-state index in [0.29, 0.717) is 4.47 Å². The average molecular weight is 355 g/mol. The van der Waals surface area contributed by atoms with E-state index in [9.17, 15) is 10.1 Å². The number of aromatic nitrogens is 1. The molecule has 0 aliphatic heterocycles. The Balaban J connectivity index is 1.92. The van der Waals surface area contributed by atoms with Crippen molar-refractivity contribution < 1.29 is 4.92 Å². The zero-order valence-electron chi connectivity index (χ0n) is 11.4. The number of nitro benzene ring substituents is 1. The largest absolute Gasteiger partial charge is 0.284 e. The summed E-state index contributed by atoms with van der Waals surface area (Å²) >= 11 is 3.18. The number of pyridine rings is 1. The van der Waals surface area contributed by atoms with Crippen LogP contribution in [0.2, 0.25) is 0 Å². The summed E-state index contributed by atoms with van der Waals surface area (Å²) in [6, 6.07) is 16.8. The summed E-state index contributed by atoms with van der Waals surface area (Å²) in [6.07, 6.45) is 3.66. The summed E-state index contributed by atoms with van der Waals surface area (Å²) in [5.74, 6) is 0. The maximum absolute atomic E-state index is 10.9. The second kappa shape index (κ2) is 6.07. The zero-order chi connectivity index (χ0) is 15.5. The van der Waals surface area contributed by atoms with Crippen LogP contribution in [0.4, 0.5) is 5.69 Å². The summed E-state index contributed by atoms with van der Waals surface area (Å²) in [7, 11) is 0. The minimum absolute atomic E-state index is 0.0496. The topological polar surface area (TPSA) is 56.0 Å². The van der Waals surface area contributed by atoms with Gasteiger partial charge in [-0.1, -0.05) is 36.4 Å². The molecule has 1 aromatic heterocycles. The molecule has 1 heterocycles. The van der Waals surface area contributed by atoms with Gasteiger partial charge in [0, 0.05) is 11.5 Å². The van der Waals surface area contributed by atoms with Gasteiger partial charge in [0.2, 0.25) is 0 Å². The van der Waals surface area contributed by atoms with Crippen molar-refractivity contribution in [2.45, 2.75) is 0 Å². The van der Waals surface area contributed by atoms with Gasteiger partial charge in [0.05, 0.1) is 20.6 Å². The van der Waals surface area contributed by atoms with Crippen LogP contribution in [0.5, 0.6) is 0 Å². The molecule has 3 rings (SSSR count). The molecule has 0 radical (unpaired) electrons. The lowest BCUT2D eigenvalue weighted by Crippen LogP contribution is -1.89. The molecule has 22 heavy (non-hydrogen) atoms. The smallest absolute Gasteiger partial charge is 0.258 e. The Hall–Kier alpha value is -2.53. The molecule has 0 spiro atoms. The monoisotopic (exact) mass is 354 g/mol. The molecular weight excluding hydrogens is 344 g/mol. The van der Waals surface area contributed by atoms with E-state index < -0.39 is 4.92 Å². The summed E-state index contributed by atoms with van der Waals surface area (Å²) in [4.78, 5) is 15.1. The zero-order valence-corrected chi connectivity index (χ0v) is 13.0. The highest BCUT2D eigenvalue weighted by atomic mass is 79.9. The highest BCUT2D eigenvalue weighted by Gasteiger charge is 2.11. The normalized spacial score (nSPS) is 11.1. The third-order valence-electron chi connectivity index (χ3n) is 3.23. The van der Waals surface area contributed by atoms with E-state index in [-0.39, 0.29) is 5.69 Å². The van der Waals surface area contributed by atoms with Gasteiger partial charge < -0.3 is 0 Å². The van der Waals surface area contributed by atoms with E-state index in [2.05, 4.69) is 20.9 Å². The highest BCUT2D eigenvalue weighted by Crippen LogP contribution is 2.26. The van der Waals surface area contributed by atoms with Crippen molar-refractivity contribution in [1.82, 2.24) is 4.98 Å². The molecule has 0 bridgehead atoms. The Bertz CT molecular complexity index is 891. The number of nitrogens with zero attached hydrogens (tertiary/aromatic N) is 2. The van der Waals surface area contributed by atoms with Crippen molar-refractivity contribution >= 4 is 44.7 Å². The summed E-state index contributed by atoms with van der Waals surface area (Å²) in [6.45, 7) is 0. The molecule has 0 saturated carbocycles. The fourth-order valence-electron chi connectivity index (χ4n) is 2.13. The molecule has 0 saturated heterocycles. The van der Waals surface area contributed by atoms with Crippen molar-refractivity contribution in [2.24, 2.45) is 0 Å². The molecule has 0 N–H and O–H groups in total. The Labute approximate surface area is 135 Å². The first-order valence-corrected chi connectivity index (χ1v) is 7.40. The average Bonchev–Trinajstić information content (AvgIpc) is 2.53. The van der Waals surface area contributed by atoms with Crippen LogP contribution in [0.3, 0.4) is 0 Å². The van der Waals surface area contributed by atoms with Gasteiger partial charge in [0.15, 0.2) is 0 Å². The Kier molecular flexibility index (Phi) is 3.98. The van der Waals surface area contributed by atoms with E-state index in [1.165, 1.54) is 6.07 Å². The number of fused-ring (bicyclic) bond motifs is 1. The van der Waals surface area contributed by atoms with Gasteiger partial charge in [-0.3, -0.25) is 10.1 Å². The van der Waals surface area contributed by atoms with Crippen LogP contribution in [0.25, 0.3) is 23.1 Å². The molecule has 4 nitrogen and oxygen atoms in total. The fraction of sp³-hybridized carbons (Fsp3) is 0. The maximum atomic E-state index is 10.9. The highest BCUT2D eigenvalue weighted by molar-refractivity contribution is 9.10. The number of rotatable bonds is 3. The van der Waals surface area contributed by atoms with Gasteiger partial charge in [-0.2, -0.15) is 0 Å². The lowest BCUT2D eigenvalue weighted by Gasteiger charge is -1.99. The van der Waals surface area contributed by atoms with E-state index in [1.807, 2.05) is 54.6 Å². The lowest BCUT2D eigenvalue weighted by atomic mass is 10.1. The predicted octanol–water partition coefficient (Wildman–Crippen LogP) is 5.08. The molecule has 0 amide bonds. The Morgan fingerprint density at radius 1 is 1.05 bits per heavy atom.